The number of nitrogens with one attached hydrogen (secondary N) is 2. The van der Waals surface area contributed by atoms with Crippen LogP contribution in [-0.2, 0) is 9.53 Å². The highest BCUT2D eigenvalue weighted by atomic mass is 16.5. The number of aliphatic hydroxyl groups excluding tert-OH is 1. The van der Waals surface area contributed by atoms with Crippen molar-refractivity contribution in [3.63, 3.8) is 0 Å². The SMILES string of the molecule is COC(C)(C)CNC(=O)[C@H]1C[C@@H](O)CN1. The van der Waals surface area contributed by atoms with Crippen molar-refractivity contribution >= 4 is 5.91 Å². The topological polar surface area (TPSA) is 70.6 Å². The average Bonchev–Trinajstić information content (AvgIpc) is 2.61. The minimum atomic E-state index is -0.406. The van der Waals surface area contributed by atoms with Crippen LogP contribution in [0.15, 0.2) is 0 Å². The summed E-state index contributed by atoms with van der Waals surface area (Å²) in [7, 11) is 1.61. The Morgan fingerprint density at radius 3 is 2.80 bits per heavy atom. The summed E-state index contributed by atoms with van der Waals surface area (Å²) in [4.78, 5) is 11.6. The zero-order chi connectivity index (χ0) is 11.5. The fourth-order valence-corrected chi connectivity index (χ4v) is 1.41. The Morgan fingerprint density at radius 2 is 2.33 bits per heavy atom. The molecule has 0 unspecified atom stereocenters. The lowest BCUT2D eigenvalue weighted by atomic mass is 10.1. The maximum absolute atomic E-state index is 11.6. The zero-order valence-electron chi connectivity index (χ0n) is 9.54. The number of hydrogen-bond donors (Lipinski definition) is 3. The maximum atomic E-state index is 11.6. The number of carbonyl (C=O) groups excluding carboxylic acids is 1. The molecule has 0 radical (unpaired) electrons. The van der Waals surface area contributed by atoms with E-state index in [9.17, 15) is 9.90 Å². The number of carbonyl (C=O) groups is 1. The highest BCUT2D eigenvalue weighted by molar-refractivity contribution is 5.82. The Morgan fingerprint density at radius 1 is 1.67 bits per heavy atom. The van der Waals surface area contributed by atoms with Gasteiger partial charge < -0.3 is 20.5 Å². The predicted molar refractivity (Wildman–Crippen MR) is 56.5 cm³/mol. The van der Waals surface area contributed by atoms with Gasteiger partial charge >= 0.3 is 0 Å². The number of aliphatic hydroxyl groups is 1. The third-order valence-corrected chi connectivity index (χ3v) is 2.67. The smallest absolute Gasteiger partial charge is 0.237 e. The van der Waals surface area contributed by atoms with Gasteiger partial charge in [-0.15, -0.1) is 0 Å². The van der Waals surface area contributed by atoms with E-state index in [2.05, 4.69) is 10.6 Å². The molecule has 0 spiro atoms. The van der Waals surface area contributed by atoms with Gasteiger partial charge in [-0.1, -0.05) is 0 Å². The third kappa shape index (κ3) is 3.77. The van der Waals surface area contributed by atoms with Crippen LogP contribution in [0.5, 0.6) is 0 Å². The molecule has 0 bridgehead atoms. The first-order valence-electron chi connectivity index (χ1n) is 5.19. The number of amides is 1. The second kappa shape index (κ2) is 4.92. The first-order chi connectivity index (χ1) is 6.94. The van der Waals surface area contributed by atoms with Crippen LogP contribution in [0.2, 0.25) is 0 Å². The molecule has 1 fully saturated rings. The minimum absolute atomic E-state index is 0.0725. The average molecular weight is 216 g/mol. The van der Waals surface area contributed by atoms with E-state index in [4.69, 9.17) is 4.74 Å². The summed E-state index contributed by atoms with van der Waals surface area (Å²) in [5.41, 5.74) is -0.354. The van der Waals surface area contributed by atoms with Gasteiger partial charge in [0.1, 0.15) is 0 Å². The highest BCUT2D eigenvalue weighted by Crippen LogP contribution is 2.08. The van der Waals surface area contributed by atoms with Gasteiger partial charge in [-0.2, -0.15) is 0 Å². The Hall–Kier alpha value is -0.650. The Balaban J connectivity index is 2.30. The molecule has 0 saturated carbocycles. The monoisotopic (exact) mass is 216 g/mol. The number of hydrogen-bond acceptors (Lipinski definition) is 4. The lowest BCUT2D eigenvalue weighted by Crippen LogP contribution is -2.46. The number of methoxy groups -OCH3 is 1. The second-order valence-corrected chi connectivity index (χ2v) is 4.53. The number of β-amino-alcohol motifs (C(OH)–C–C–N with tert-alkyl or cyclic N) is 1. The molecule has 1 rings (SSSR count). The second-order valence-electron chi connectivity index (χ2n) is 4.53. The van der Waals surface area contributed by atoms with E-state index < -0.39 is 6.10 Å². The summed E-state index contributed by atoms with van der Waals surface area (Å²) >= 11 is 0. The van der Waals surface area contributed by atoms with Crippen molar-refractivity contribution in [3.8, 4) is 0 Å². The predicted octanol–water partition coefficient (Wildman–Crippen LogP) is -0.750. The van der Waals surface area contributed by atoms with Crippen molar-refractivity contribution < 1.29 is 14.6 Å². The maximum Gasteiger partial charge on any atom is 0.237 e. The number of rotatable bonds is 4. The Kier molecular flexibility index (Phi) is 4.07. The van der Waals surface area contributed by atoms with Gasteiger partial charge in [-0.05, 0) is 20.3 Å². The van der Waals surface area contributed by atoms with E-state index in [0.29, 0.717) is 19.5 Å². The Labute approximate surface area is 90.2 Å². The summed E-state index contributed by atoms with van der Waals surface area (Å²) in [6.07, 6.45) is 0.0791. The molecule has 0 aliphatic carbocycles. The van der Waals surface area contributed by atoms with Crippen LogP contribution in [-0.4, -0.2) is 49.0 Å². The molecule has 88 valence electrons. The van der Waals surface area contributed by atoms with Gasteiger partial charge in [-0.25, -0.2) is 0 Å². The van der Waals surface area contributed by atoms with E-state index in [0.717, 1.165) is 0 Å². The highest BCUT2D eigenvalue weighted by Gasteiger charge is 2.29. The van der Waals surface area contributed by atoms with Crippen molar-refractivity contribution in [1.29, 1.82) is 0 Å². The number of ether oxygens (including phenoxy) is 1. The molecular formula is C10H20N2O3. The third-order valence-electron chi connectivity index (χ3n) is 2.67. The van der Waals surface area contributed by atoms with Crippen LogP contribution in [0, 0.1) is 0 Å². The van der Waals surface area contributed by atoms with Crippen molar-refractivity contribution in [2.24, 2.45) is 0 Å². The molecule has 3 N–H and O–H groups in total. The molecule has 1 amide bonds. The summed E-state index contributed by atoms with van der Waals surface area (Å²) in [5, 5.41) is 15.0. The molecule has 5 heteroatoms. The molecule has 1 aliphatic rings. The molecule has 15 heavy (non-hydrogen) atoms. The van der Waals surface area contributed by atoms with Gasteiger partial charge in [0.15, 0.2) is 0 Å². The van der Waals surface area contributed by atoms with Gasteiger partial charge in [-0.3, -0.25) is 4.79 Å². The van der Waals surface area contributed by atoms with E-state index in [1.165, 1.54) is 0 Å². The molecule has 0 aromatic rings. The van der Waals surface area contributed by atoms with E-state index >= 15 is 0 Å². The lowest BCUT2D eigenvalue weighted by molar-refractivity contribution is -0.124. The summed E-state index contributed by atoms with van der Waals surface area (Å²) in [5.74, 6) is -0.0725. The molecule has 2 atom stereocenters. The molecule has 0 aromatic heterocycles. The molecule has 1 saturated heterocycles. The van der Waals surface area contributed by atoms with Crippen LogP contribution in [0.25, 0.3) is 0 Å². The first-order valence-corrected chi connectivity index (χ1v) is 5.19. The van der Waals surface area contributed by atoms with E-state index in [1.807, 2.05) is 13.8 Å². The first kappa shape index (κ1) is 12.4. The van der Waals surface area contributed by atoms with Crippen LogP contribution in [0.1, 0.15) is 20.3 Å². The van der Waals surface area contributed by atoms with Crippen molar-refractivity contribution in [3.05, 3.63) is 0 Å². The van der Waals surface area contributed by atoms with Gasteiger partial charge in [0.2, 0.25) is 5.91 Å². The van der Waals surface area contributed by atoms with Gasteiger partial charge in [0.05, 0.1) is 17.7 Å². The lowest BCUT2D eigenvalue weighted by Gasteiger charge is -2.24. The van der Waals surface area contributed by atoms with Gasteiger partial charge in [0, 0.05) is 20.2 Å². The summed E-state index contributed by atoms with van der Waals surface area (Å²) < 4.78 is 5.19. The summed E-state index contributed by atoms with van der Waals surface area (Å²) in [6, 6.07) is -0.271. The zero-order valence-corrected chi connectivity index (χ0v) is 9.54. The molecule has 0 aromatic carbocycles. The largest absolute Gasteiger partial charge is 0.392 e. The van der Waals surface area contributed by atoms with Crippen molar-refractivity contribution in [2.75, 3.05) is 20.2 Å². The molecule has 5 nitrogen and oxygen atoms in total. The summed E-state index contributed by atoms with van der Waals surface area (Å²) in [6.45, 7) is 4.77. The van der Waals surface area contributed by atoms with Crippen LogP contribution < -0.4 is 10.6 Å². The normalized spacial score (nSPS) is 26.7. The quantitative estimate of drug-likeness (QED) is 0.578. The van der Waals surface area contributed by atoms with E-state index in [1.54, 1.807) is 7.11 Å². The van der Waals surface area contributed by atoms with Crippen molar-refractivity contribution in [2.45, 2.75) is 38.0 Å². The fourth-order valence-electron chi connectivity index (χ4n) is 1.41. The van der Waals surface area contributed by atoms with Crippen LogP contribution in [0.3, 0.4) is 0 Å². The van der Waals surface area contributed by atoms with E-state index in [-0.39, 0.29) is 17.6 Å². The van der Waals surface area contributed by atoms with Crippen molar-refractivity contribution in [1.82, 2.24) is 10.6 Å². The Bertz CT molecular complexity index is 231. The van der Waals surface area contributed by atoms with Gasteiger partial charge in [0.25, 0.3) is 0 Å². The molecule has 1 heterocycles. The fraction of sp³-hybridized carbons (Fsp3) is 0.900. The standard InChI is InChI=1S/C10H20N2O3/c1-10(2,15-3)6-12-9(14)8-4-7(13)5-11-8/h7-8,11,13H,4-6H2,1-3H3,(H,12,14)/t7-,8-/m1/s1. The molecular weight excluding hydrogens is 196 g/mol. The molecule has 1 aliphatic heterocycles. The van der Waals surface area contributed by atoms with Crippen LogP contribution >= 0.6 is 0 Å². The van der Waals surface area contributed by atoms with Crippen LogP contribution in [0.4, 0.5) is 0 Å². The minimum Gasteiger partial charge on any atom is -0.392 e.